The lowest BCUT2D eigenvalue weighted by Crippen LogP contribution is -2.33. The van der Waals surface area contributed by atoms with Crippen molar-refractivity contribution in [3.8, 4) is 0 Å². The first-order valence-electron chi connectivity index (χ1n) is 6.37. The van der Waals surface area contributed by atoms with Gasteiger partial charge in [-0.25, -0.2) is 4.98 Å². The number of thioether (sulfide) groups is 1. The van der Waals surface area contributed by atoms with Crippen molar-refractivity contribution in [2.45, 2.75) is 0 Å². The number of nitrogens with one attached hydrogen (secondary N) is 1. The van der Waals surface area contributed by atoms with E-state index in [2.05, 4.69) is 15.2 Å². The van der Waals surface area contributed by atoms with Gasteiger partial charge >= 0.3 is 0 Å². The number of amides is 1. The summed E-state index contributed by atoms with van der Waals surface area (Å²) in [6.45, 7) is 3.08. The normalized spacial score (nSPS) is 15.3. The molecule has 5 nitrogen and oxygen atoms in total. The number of rotatable bonds is 5. The number of pyridine rings is 1. The van der Waals surface area contributed by atoms with Crippen LogP contribution in [0.15, 0.2) is 18.3 Å². The first kappa shape index (κ1) is 14.1. The van der Waals surface area contributed by atoms with Crippen molar-refractivity contribution < 1.29 is 9.53 Å². The summed E-state index contributed by atoms with van der Waals surface area (Å²) in [5.74, 6) is 3.13. The fourth-order valence-corrected chi connectivity index (χ4v) is 2.77. The Kier molecular flexibility index (Phi) is 5.47. The van der Waals surface area contributed by atoms with E-state index < -0.39 is 0 Å². The second kappa shape index (κ2) is 7.35. The van der Waals surface area contributed by atoms with Crippen LogP contribution in [0.2, 0.25) is 0 Å². The SMILES string of the molecule is COCCNC(=O)c1ccc(N2CCSCC2)nc1. The molecule has 2 heterocycles. The predicted molar refractivity (Wildman–Crippen MR) is 78.0 cm³/mol. The van der Waals surface area contributed by atoms with Crippen molar-refractivity contribution in [1.82, 2.24) is 10.3 Å². The van der Waals surface area contributed by atoms with Gasteiger partial charge in [-0.05, 0) is 12.1 Å². The van der Waals surface area contributed by atoms with Crippen molar-refractivity contribution in [2.75, 3.05) is 49.8 Å². The number of ether oxygens (including phenoxy) is 1. The number of aromatic nitrogens is 1. The average Bonchev–Trinajstić information content (AvgIpc) is 2.48. The number of anilines is 1. The lowest BCUT2D eigenvalue weighted by Gasteiger charge is -2.27. The zero-order chi connectivity index (χ0) is 13.5. The largest absolute Gasteiger partial charge is 0.383 e. The van der Waals surface area contributed by atoms with Gasteiger partial charge in [0.2, 0.25) is 0 Å². The Morgan fingerprint density at radius 1 is 1.47 bits per heavy atom. The molecule has 0 radical (unpaired) electrons. The summed E-state index contributed by atoms with van der Waals surface area (Å²) >= 11 is 1.97. The highest BCUT2D eigenvalue weighted by atomic mass is 32.2. The van der Waals surface area contributed by atoms with Crippen LogP contribution in [0.3, 0.4) is 0 Å². The molecule has 1 aromatic rings. The minimum absolute atomic E-state index is 0.106. The first-order valence-corrected chi connectivity index (χ1v) is 7.52. The van der Waals surface area contributed by atoms with Crippen molar-refractivity contribution in [3.63, 3.8) is 0 Å². The third kappa shape index (κ3) is 4.11. The van der Waals surface area contributed by atoms with Gasteiger partial charge in [0, 0.05) is 44.4 Å². The maximum atomic E-state index is 11.8. The molecular formula is C13H19N3O2S. The Labute approximate surface area is 117 Å². The van der Waals surface area contributed by atoms with Crippen LogP contribution in [-0.2, 0) is 4.74 Å². The summed E-state index contributed by atoms with van der Waals surface area (Å²) in [4.78, 5) is 18.4. The minimum atomic E-state index is -0.106. The van der Waals surface area contributed by atoms with E-state index in [1.165, 1.54) is 0 Å². The van der Waals surface area contributed by atoms with Gasteiger partial charge in [-0.3, -0.25) is 4.79 Å². The van der Waals surface area contributed by atoms with Crippen LogP contribution in [0.25, 0.3) is 0 Å². The van der Waals surface area contributed by atoms with Crippen LogP contribution in [0.1, 0.15) is 10.4 Å². The number of methoxy groups -OCH3 is 1. The minimum Gasteiger partial charge on any atom is -0.383 e. The second-order valence-corrected chi connectivity index (χ2v) is 5.48. The van der Waals surface area contributed by atoms with E-state index in [1.54, 1.807) is 13.3 Å². The molecule has 19 heavy (non-hydrogen) atoms. The Morgan fingerprint density at radius 3 is 2.89 bits per heavy atom. The number of hydrogen-bond acceptors (Lipinski definition) is 5. The van der Waals surface area contributed by atoms with Gasteiger partial charge in [-0.1, -0.05) is 0 Å². The quantitative estimate of drug-likeness (QED) is 0.816. The summed E-state index contributed by atoms with van der Waals surface area (Å²) in [6.07, 6.45) is 1.64. The number of carbonyl (C=O) groups is 1. The summed E-state index contributed by atoms with van der Waals surface area (Å²) < 4.78 is 4.89. The molecule has 0 atom stereocenters. The molecule has 0 unspecified atom stereocenters. The smallest absolute Gasteiger partial charge is 0.252 e. The molecule has 0 saturated carbocycles. The second-order valence-electron chi connectivity index (χ2n) is 4.25. The first-order chi connectivity index (χ1) is 9.31. The highest BCUT2D eigenvalue weighted by molar-refractivity contribution is 7.99. The maximum absolute atomic E-state index is 11.8. The molecule has 0 bridgehead atoms. The van der Waals surface area contributed by atoms with Crippen molar-refractivity contribution in [3.05, 3.63) is 23.9 Å². The molecule has 1 fully saturated rings. The van der Waals surface area contributed by atoms with E-state index in [0.29, 0.717) is 18.7 Å². The van der Waals surface area contributed by atoms with Crippen molar-refractivity contribution >= 4 is 23.5 Å². The number of carbonyl (C=O) groups excluding carboxylic acids is 1. The van der Waals surface area contributed by atoms with E-state index in [-0.39, 0.29) is 5.91 Å². The fraction of sp³-hybridized carbons (Fsp3) is 0.538. The van der Waals surface area contributed by atoms with E-state index in [9.17, 15) is 4.79 Å². The Bertz CT molecular complexity index is 405. The van der Waals surface area contributed by atoms with Gasteiger partial charge in [-0.2, -0.15) is 11.8 Å². The van der Waals surface area contributed by atoms with Gasteiger partial charge in [0.15, 0.2) is 0 Å². The van der Waals surface area contributed by atoms with Crippen molar-refractivity contribution in [1.29, 1.82) is 0 Å². The van der Waals surface area contributed by atoms with Gasteiger partial charge < -0.3 is 15.0 Å². The maximum Gasteiger partial charge on any atom is 0.252 e. The standard InChI is InChI=1S/C13H19N3O2S/c1-18-7-4-14-13(17)11-2-3-12(15-10-11)16-5-8-19-9-6-16/h2-3,10H,4-9H2,1H3,(H,14,17). The average molecular weight is 281 g/mol. The molecule has 104 valence electrons. The Morgan fingerprint density at radius 2 is 2.26 bits per heavy atom. The third-order valence-electron chi connectivity index (χ3n) is 2.94. The number of nitrogens with zero attached hydrogens (tertiary/aromatic N) is 2. The molecule has 1 saturated heterocycles. The number of hydrogen-bond donors (Lipinski definition) is 1. The molecule has 0 aromatic carbocycles. The van der Waals surface area contributed by atoms with E-state index >= 15 is 0 Å². The Balaban J connectivity index is 1.91. The molecule has 1 N–H and O–H groups in total. The molecule has 1 aliphatic heterocycles. The van der Waals surface area contributed by atoms with E-state index in [0.717, 1.165) is 30.4 Å². The summed E-state index contributed by atoms with van der Waals surface area (Å²) in [7, 11) is 1.61. The Hall–Kier alpha value is -1.27. The highest BCUT2D eigenvalue weighted by Gasteiger charge is 2.13. The lowest BCUT2D eigenvalue weighted by atomic mass is 10.2. The fourth-order valence-electron chi connectivity index (χ4n) is 1.87. The van der Waals surface area contributed by atoms with Crippen LogP contribution >= 0.6 is 11.8 Å². The monoisotopic (exact) mass is 281 g/mol. The van der Waals surface area contributed by atoms with Gasteiger partial charge in [0.25, 0.3) is 5.91 Å². The van der Waals surface area contributed by atoms with E-state index in [1.807, 2.05) is 23.9 Å². The molecule has 2 rings (SSSR count). The van der Waals surface area contributed by atoms with Crippen LogP contribution in [0.5, 0.6) is 0 Å². The van der Waals surface area contributed by atoms with Crippen LogP contribution in [0, 0.1) is 0 Å². The van der Waals surface area contributed by atoms with Crippen LogP contribution in [0.4, 0.5) is 5.82 Å². The molecule has 0 spiro atoms. The van der Waals surface area contributed by atoms with Crippen LogP contribution in [-0.4, -0.2) is 55.7 Å². The lowest BCUT2D eigenvalue weighted by molar-refractivity contribution is 0.0937. The molecule has 0 aliphatic carbocycles. The summed E-state index contributed by atoms with van der Waals surface area (Å²) in [5.41, 5.74) is 0.589. The van der Waals surface area contributed by atoms with Gasteiger partial charge in [0.05, 0.1) is 12.2 Å². The zero-order valence-electron chi connectivity index (χ0n) is 11.1. The van der Waals surface area contributed by atoms with Crippen molar-refractivity contribution in [2.24, 2.45) is 0 Å². The molecule has 1 amide bonds. The van der Waals surface area contributed by atoms with Crippen LogP contribution < -0.4 is 10.2 Å². The third-order valence-corrected chi connectivity index (χ3v) is 3.88. The summed E-state index contributed by atoms with van der Waals surface area (Å²) in [5, 5.41) is 2.78. The topological polar surface area (TPSA) is 54.5 Å². The summed E-state index contributed by atoms with van der Waals surface area (Å²) in [6, 6.07) is 3.74. The predicted octanol–water partition coefficient (Wildman–Crippen LogP) is 1.01. The molecule has 1 aliphatic rings. The van der Waals surface area contributed by atoms with Gasteiger partial charge in [-0.15, -0.1) is 0 Å². The highest BCUT2D eigenvalue weighted by Crippen LogP contribution is 2.17. The van der Waals surface area contributed by atoms with Gasteiger partial charge in [0.1, 0.15) is 5.82 Å². The molecule has 1 aromatic heterocycles. The molecular weight excluding hydrogens is 262 g/mol. The van der Waals surface area contributed by atoms with E-state index in [4.69, 9.17) is 4.74 Å². The molecule has 6 heteroatoms. The zero-order valence-corrected chi connectivity index (χ0v) is 11.9.